The van der Waals surface area contributed by atoms with E-state index in [1.54, 1.807) is 43.5 Å². The van der Waals surface area contributed by atoms with Crippen LogP contribution < -0.4 is 24.7 Å². The molecule has 0 radical (unpaired) electrons. The van der Waals surface area contributed by atoms with Crippen molar-refractivity contribution >= 4 is 33.5 Å². The van der Waals surface area contributed by atoms with Crippen LogP contribution in [0, 0.1) is 0 Å². The van der Waals surface area contributed by atoms with Crippen LogP contribution in [-0.2, 0) is 0 Å². The molecule has 0 aliphatic rings. The van der Waals surface area contributed by atoms with Gasteiger partial charge in [-0.05, 0) is 59.3 Å². The second-order valence-electron chi connectivity index (χ2n) is 5.43. The summed E-state index contributed by atoms with van der Waals surface area (Å²) in [5.41, 5.74) is 7.47. The summed E-state index contributed by atoms with van der Waals surface area (Å²) in [6, 6.07) is 8.45. The molecule has 27 heavy (non-hydrogen) atoms. The number of hydrogen-bond acceptors (Lipinski definition) is 6. The van der Waals surface area contributed by atoms with Gasteiger partial charge in [0, 0.05) is 11.1 Å². The van der Waals surface area contributed by atoms with Crippen molar-refractivity contribution in [2.24, 2.45) is 0 Å². The number of nitrogen functional groups attached to an aromatic ring is 1. The van der Waals surface area contributed by atoms with Crippen LogP contribution in [0.4, 0.5) is 5.69 Å². The molecule has 0 atom stereocenters. The molecule has 7 heteroatoms. The minimum Gasteiger partial charge on any atom is -0.493 e. The van der Waals surface area contributed by atoms with Gasteiger partial charge in [0.05, 0.1) is 38.1 Å². The third kappa shape index (κ3) is 4.54. The van der Waals surface area contributed by atoms with Gasteiger partial charge < -0.3 is 24.7 Å². The quantitative estimate of drug-likeness (QED) is 0.377. The van der Waals surface area contributed by atoms with E-state index in [1.165, 1.54) is 14.2 Å². The number of anilines is 1. The van der Waals surface area contributed by atoms with E-state index in [4.69, 9.17) is 24.7 Å². The van der Waals surface area contributed by atoms with E-state index in [1.807, 2.05) is 6.92 Å². The molecule has 0 fully saturated rings. The van der Waals surface area contributed by atoms with Gasteiger partial charge in [-0.25, -0.2) is 0 Å². The van der Waals surface area contributed by atoms with Crippen molar-refractivity contribution in [1.82, 2.24) is 0 Å². The summed E-state index contributed by atoms with van der Waals surface area (Å²) in [7, 11) is 4.60. The largest absolute Gasteiger partial charge is 0.493 e. The molecule has 2 N–H and O–H groups in total. The van der Waals surface area contributed by atoms with Crippen molar-refractivity contribution in [2.75, 3.05) is 33.7 Å². The standard InChI is InChI=1S/C20H22BrNO5/c1-5-27-17-11-12(6-8-15(17)22)18(23)14(21)10-13-7-9-16(24-2)20(26-4)19(13)25-3/h6-11H,5,22H2,1-4H3. The fourth-order valence-electron chi connectivity index (χ4n) is 2.53. The van der Waals surface area contributed by atoms with E-state index < -0.39 is 0 Å². The van der Waals surface area contributed by atoms with Crippen LogP contribution in [-0.4, -0.2) is 33.7 Å². The molecule has 0 saturated heterocycles. The number of allylic oxidation sites excluding steroid dienone is 1. The fraction of sp³-hybridized carbons (Fsp3) is 0.250. The number of benzene rings is 2. The topological polar surface area (TPSA) is 80.0 Å². The summed E-state index contributed by atoms with van der Waals surface area (Å²) < 4.78 is 21.9. The van der Waals surface area contributed by atoms with Crippen LogP contribution in [0.3, 0.4) is 0 Å². The molecule has 2 aromatic carbocycles. The first-order chi connectivity index (χ1) is 13.0. The summed E-state index contributed by atoms with van der Waals surface area (Å²) in [4.78, 5) is 12.8. The van der Waals surface area contributed by atoms with Crippen molar-refractivity contribution in [3.8, 4) is 23.0 Å². The third-order valence-corrected chi connectivity index (χ3v) is 4.40. The number of hydrogen-bond donors (Lipinski definition) is 1. The number of halogens is 1. The second-order valence-corrected chi connectivity index (χ2v) is 6.28. The van der Waals surface area contributed by atoms with Crippen molar-refractivity contribution in [1.29, 1.82) is 0 Å². The number of carbonyl (C=O) groups is 1. The summed E-state index contributed by atoms with van der Waals surface area (Å²) in [6.45, 7) is 2.31. The smallest absolute Gasteiger partial charge is 0.203 e. The van der Waals surface area contributed by atoms with E-state index in [2.05, 4.69) is 15.9 Å². The van der Waals surface area contributed by atoms with Crippen molar-refractivity contribution in [2.45, 2.75) is 6.92 Å². The summed E-state index contributed by atoms with van der Waals surface area (Å²) in [6.07, 6.45) is 1.67. The molecule has 0 bridgehead atoms. The van der Waals surface area contributed by atoms with Gasteiger partial charge in [-0.3, -0.25) is 4.79 Å². The van der Waals surface area contributed by atoms with E-state index in [0.29, 0.717) is 50.9 Å². The van der Waals surface area contributed by atoms with Crippen LogP contribution in [0.1, 0.15) is 22.8 Å². The number of nitrogens with two attached hydrogens (primary N) is 1. The van der Waals surface area contributed by atoms with Crippen LogP contribution in [0.5, 0.6) is 23.0 Å². The number of ether oxygens (including phenoxy) is 4. The van der Waals surface area contributed by atoms with E-state index in [-0.39, 0.29) is 5.78 Å². The Morgan fingerprint density at radius 1 is 1.04 bits per heavy atom. The Morgan fingerprint density at radius 2 is 1.74 bits per heavy atom. The number of methoxy groups -OCH3 is 3. The highest BCUT2D eigenvalue weighted by molar-refractivity contribution is 9.12. The third-order valence-electron chi connectivity index (χ3n) is 3.81. The zero-order chi connectivity index (χ0) is 20.0. The van der Waals surface area contributed by atoms with Gasteiger partial charge in [0.1, 0.15) is 5.75 Å². The highest BCUT2D eigenvalue weighted by Gasteiger charge is 2.17. The molecular formula is C20H22BrNO5. The molecule has 0 saturated carbocycles. The molecule has 0 heterocycles. The SMILES string of the molecule is CCOc1cc(C(=O)C(Br)=Cc2ccc(OC)c(OC)c2OC)ccc1N. The highest BCUT2D eigenvalue weighted by Crippen LogP contribution is 2.41. The summed E-state index contributed by atoms with van der Waals surface area (Å²) >= 11 is 3.36. The molecule has 0 unspecified atom stereocenters. The van der Waals surface area contributed by atoms with E-state index >= 15 is 0 Å². The van der Waals surface area contributed by atoms with Gasteiger partial charge in [0.25, 0.3) is 0 Å². The van der Waals surface area contributed by atoms with Crippen LogP contribution >= 0.6 is 15.9 Å². The maximum absolute atomic E-state index is 12.8. The summed E-state index contributed by atoms with van der Waals surface area (Å²) in [5.74, 6) is 1.72. The molecule has 6 nitrogen and oxygen atoms in total. The lowest BCUT2D eigenvalue weighted by Gasteiger charge is -2.14. The van der Waals surface area contributed by atoms with Gasteiger partial charge in [-0.1, -0.05) is 0 Å². The Morgan fingerprint density at radius 3 is 2.33 bits per heavy atom. The first-order valence-electron chi connectivity index (χ1n) is 8.19. The number of rotatable bonds is 8. The van der Waals surface area contributed by atoms with Crippen LogP contribution in [0.25, 0.3) is 6.08 Å². The zero-order valence-electron chi connectivity index (χ0n) is 15.7. The van der Waals surface area contributed by atoms with Gasteiger partial charge in [0.15, 0.2) is 17.3 Å². The molecule has 144 valence electrons. The lowest BCUT2D eigenvalue weighted by Crippen LogP contribution is -2.03. The highest BCUT2D eigenvalue weighted by atomic mass is 79.9. The van der Waals surface area contributed by atoms with E-state index in [9.17, 15) is 4.79 Å². The lowest BCUT2D eigenvalue weighted by atomic mass is 10.1. The molecule has 0 amide bonds. The Hall–Kier alpha value is -2.67. The minimum absolute atomic E-state index is 0.215. The molecule has 2 rings (SSSR count). The Labute approximate surface area is 167 Å². The van der Waals surface area contributed by atoms with Crippen LogP contribution in [0.2, 0.25) is 0 Å². The average molecular weight is 436 g/mol. The fourth-order valence-corrected chi connectivity index (χ4v) is 3.01. The molecule has 0 aromatic heterocycles. The average Bonchev–Trinajstić information content (AvgIpc) is 2.68. The van der Waals surface area contributed by atoms with Gasteiger partial charge in [-0.2, -0.15) is 0 Å². The Bertz CT molecular complexity index is 864. The predicted octanol–water partition coefficient (Wildman–Crippen LogP) is 4.31. The van der Waals surface area contributed by atoms with Crippen molar-refractivity contribution < 1.29 is 23.7 Å². The van der Waals surface area contributed by atoms with Gasteiger partial charge in [0.2, 0.25) is 5.75 Å². The Kier molecular flexibility index (Phi) is 7.12. The van der Waals surface area contributed by atoms with Gasteiger partial charge in [-0.15, -0.1) is 0 Å². The lowest BCUT2D eigenvalue weighted by molar-refractivity contribution is 0.104. The molecular weight excluding hydrogens is 414 g/mol. The zero-order valence-corrected chi connectivity index (χ0v) is 17.3. The minimum atomic E-state index is -0.215. The number of Topliss-reactive ketones (excluding diaryl/α,β-unsaturated/α-hetero) is 1. The normalized spacial score (nSPS) is 11.1. The second kappa shape index (κ2) is 9.32. The maximum atomic E-state index is 12.8. The Balaban J connectivity index is 2.42. The van der Waals surface area contributed by atoms with Crippen LogP contribution in [0.15, 0.2) is 34.8 Å². The number of ketones is 1. The van der Waals surface area contributed by atoms with Crippen molar-refractivity contribution in [3.05, 3.63) is 45.9 Å². The molecule has 0 aliphatic carbocycles. The van der Waals surface area contributed by atoms with E-state index in [0.717, 1.165) is 0 Å². The number of carbonyl (C=O) groups excluding carboxylic acids is 1. The van der Waals surface area contributed by atoms with Gasteiger partial charge >= 0.3 is 0 Å². The first-order valence-corrected chi connectivity index (χ1v) is 8.99. The monoisotopic (exact) mass is 435 g/mol. The predicted molar refractivity (Wildman–Crippen MR) is 109 cm³/mol. The first kappa shape index (κ1) is 20.6. The molecule has 0 aliphatic heterocycles. The molecule has 2 aromatic rings. The van der Waals surface area contributed by atoms with Crippen molar-refractivity contribution in [3.63, 3.8) is 0 Å². The summed E-state index contributed by atoms with van der Waals surface area (Å²) in [5, 5.41) is 0. The molecule has 0 spiro atoms. The maximum Gasteiger partial charge on any atom is 0.203 e.